The zero-order valence-corrected chi connectivity index (χ0v) is 17.6. The summed E-state index contributed by atoms with van der Waals surface area (Å²) in [4.78, 5) is 5.70. The fraction of sp³-hybridized carbons (Fsp3) is 0.412. The van der Waals surface area contributed by atoms with E-state index in [1.807, 2.05) is 6.07 Å². The smallest absolute Gasteiger partial charge is 0.245 e. The van der Waals surface area contributed by atoms with E-state index in [1.165, 1.54) is 18.4 Å². The summed E-state index contributed by atoms with van der Waals surface area (Å²) in [6.07, 6.45) is 3.71. The largest absolute Gasteiger partial charge is 0.495 e. The maximum Gasteiger partial charge on any atom is 0.245 e. The predicted molar refractivity (Wildman–Crippen MR) is 108 cm³/mol. The lowest BCUT2D eigenvalue weighted by molar-refractivity contribution is 0.0442. The molecule has 0 aliphatic carbocycles. The predicted octanol–water partition coefficient (Wildman–Crippen LogP) is 2.26. The highest BCUT2D eigenvalue weighted by molar-refractivity contribution is 7.90. The molecule has 28 heavy (non-hydrogen) atoms. The summed E-state index contributed by atoms with van der Waals surface area (Å²) in [5.41, 5.74) is -0.184. The Morgan fingerprint density at radius 3 is 3.00 bits per heavy atom. The minimum Gasteiger partial charge on any atom is -0.495 e. The lowest BCUT2D eigenvalue weighted by Gasteiger charge is -2.49. The summed E-state index contributed by atoms with van der Waals surface area (Å²) >= 11 is 7.99. The van der Waals surface area contributed by atoms with E-state index in [0.29, 0.717) is 28.7 Å². The second kappa shape index (κ2) is 6.87. The molecular formula is C17H19ClN4O4S2. The van der Waals surface area contributed by atoms with Crippen molar-refractivity contribution in [3.63, 3.8) is 0 Å². The van der Waals surface area contributed by atoms with Crippen LogP contribution in [0.25, 0.3) is 10.4 Å². The van der Waals surface area contributed by atoms with Crippen molar-refractivity contribution in [2.45, 2.75) is 17.2 Å². The Morgan fingerprint density at radius 2 is 2.25 bits per heavy atom. The number of rotatable bonds is 3. The lowest BCUT2D eigenvalue weighted by atomic mass is 9.87. The molecule has 2 aliphatic rings. The van der Waals surface area contributed by atoms with Gasteiger partial charge in [-0.1, -0.05) is 11.6 Å². The number of pyridine rings is 1. The van der Waals surface area contributed by atoms with Gasteiger partial charge < -0.3 is 14.8 Å². The van der Waals surface area contributed by atoms with Crippen molar-refractivity contribution in [2.24, 2.45) is 0 Å². The Balaban J connectivity index is 1.85. The minimum atomic E-state index is -3.76. The molecule has 0 aromatic carbocycles. The van der Waals surface area contributed by atoms with E-state index in [0.717, 1.165) is 14.7 Å². The first-order chi connectivity index (χ1) is 13.3. The average Bonchev–Trinajstić information content (AvgIpc) is 3.09. The number of guanidine groups is 1. The monoisotopic (exact) mass is 442 g/mol. The van der Waals surface area contributed by atoms with Crippen molar-refractivity contribution in [3.05, 3.63) is 34.4 Å². The molecule has 0 radical (unpaired) electrons. The first-order valence-corrected chi connectivity index (χ1v) is 11.2. The van der Waals surface area contributed by atoms with Crippen LogP contribution in [0.3, 0.4) is 0 Å². The fourth-order valence-corrected chi connectivity index (χ4v) is 7.16. The Hall–Kier alpha value is -1.88. The third kappa shape index (κ3) is 2.86. The van der Waals surface area contributed by atoms with Gasteiger partial charge in [0.25, 0.3) is 0 Å². The number of nitrogens with zero attached hydrogens (tertiary/aromatic N) is 2. The van der Waals surface area contributed by atoms with Crippen molar-refractivity contribution >= 4 is 38.9 Å². The van der Waals surface area contributed by atoms with E-state index in [4.69, 9.17) is 26.5 Å². The summed E-state index contributed by atoms with van der Waals surface area (Å²) in [7, 11) is -0.829. The molecule has 2 saturated heterocycles. The number of hydrogen-bond donors (Lipinski definition) is 2. The highest BCUT2D eigenvalue weighted by Gasteiger charge is 2.57. The van der Waals surface area contributed by atoms with Gasteiger partial charge in [-0.2, -0.15) is 0 Å². The van der Waals surface area contributed by atoms with Crippen LogP contribution in [0.1, 0.15) is 11.3 Å². The van der Waals surface area contributed by atoms with Crippen LogP contribution in [0, 0.1) is 5.41 Å². The second-order valence-corrected chi connectivity index (χ2v) is 10.3. The van der Waals surface area contributed by atoms with Gasteiger partial charge in [0.15, 0.2) is 0 Å². The molecule has 1 unspecified atom stereocenters. The van der Waals surface area contributed by atoms with Crippen LogP contribution in [0.15, 0.2) is 24.5 Å². The van der Waals surface area contributed by atoms with E-state index in [1.54, 1.807) is 25.6 Å². The van der Waals surface area contributed by atoms with Crippen LogP contribution in [-0.2, 0) is 20.3 Å². The zero-order chi connectivity index (χ0) is 20.1. The van der Waals surface area contributed by atoms with Crippen molar-refractivity contribution in [1.82, 2.24) is 14.6 Å². The summed E-state index contributed by atoms with van der Waals surface area (Å²) in [6.45, 7) is 0.414. The summed E-state index contributed by atoms with van der Waals surface area (Å²) in [5, 5.41) is 10.9. The van der Waals surface area contributed by atoms with E-state index < -0.39 is 20.8 Å². The molecule has 2 N–H and O–H groups in total. The highest BCUT2D eigenvalue weighted by atomic mass is 35.5. The van der Waals surface area contributed by atoms with Crippen molar-refractivity contribution < 1.29 is 17.9 Å². The number of sulfonamides is 1. The van der Waals surface area contributed by atoms with Crippen molar-refractivity contribution in [3.8, 4) is 16.2 Å². The van der Waals surface area contributed by atoms with Gasteiger partial charge in [-0.25, -0.2) is 12.7 Å². The highest BCUT2D eigenvalue weighted by Crippen LogP contribution is 2.48. The van der Waals surface area contributed by atoms with Gasteiger partial charge in [-0.3, -0.25) is 10.4 Å². The van der Waals surface area contributed by atoms with Gasteiger partial charge in [-0.15, -0.1) is 11.3 Å². The van der Waals surface area contributed by atoms with Crippen LogP contribution < -0.4 is 10.1 Å². The molecule has 2 fully saturated rings. The second-order valence-electron chi connectivity index (χ2n) is 6.67. The van der Waals surface area contributed by atoms with E-state index in [2.05, 4.69) is 10.3 Å². The quantitative estimate of drug-likeness (QED) is 0.755. The Bertz CT molecular complexity index is 1040. The number of methoxy groups -OCH3 is 1. The standard InChI is InChI=1S/C17H19ClN4O4S2/c1-22-16(19)21-17(3-4-26-9-14(17)28(22,23)24)15-12(18)6-13(27-15)10-5-11(25-2)8-20-7-10/h5-8,14H,3-4,9H2,1-2H3,(H2,19,21)/t14?,17-/m0/s1. The van der Waals surface area contributed by atoms with Crippen LogP contribution in [0.2, 0.25) is 5.02 Å². The number of thiophene rings is 1. The van der Waals surface area contributed by atoms with E-state index in [9.17, 15) is 8.42 Å². The molecule has 0 amide bonds. The first-order valence-electron chi connectivity index (χ1n) is 8.51. The zero-order valence-electron chi connectivity index (χ0n) is 15.2. The molecule has 2 aromatic heterocycles. The molecule has 4 heterocycles. The van der Waals surface area contributed by atoms with E-state index in [-0.39, 0.29) is 12.6 Å². The van der Waals surface area contributed by atoms with Crippen LogP contribution in [-0.4, -0.2) is 56.3 Å². The summed E-state index contributed by atoms with van der Waals surface area (Å²) in [5.74, 6) is 0.444. The number of nitrogens with one attached hydrogen (secondary N) is 2. The molecule has 2 aromatic rings. The molecule has 0 saturated carbocycles. The normalized spacial score (nSPS) is 26.5. The third-order valence-corrected chi connectivity index (χ3v) is 9.16. The van der Waals surface area contributed by atoms with Crippen LogP contribution in [0.5, 0.6) is 5.75 Å². The maximum atomic E-state index is 13.0. The molecule has 0 bridgehead atoms. The topological polar surface area (TPSA) is 105 Å². The van der Waals surface area contributed by atoms with Crippen LogP contribution in [0.4, 0.5) is 0 Å². The molecule has 2 atom stereocenters. The Kier molecular flexibility index (Phi) is 4.77. The fourth-order valence-electron chi connectivity index (χ4n) is 3.62. The number of hydrogen-bond acceptors (Lipinski definition) is 7. The van der Waals surface area contributed by atoms with Crippen molar-refractivity contribution in [2.75, 3.05) is 27.4 Å². The summed E-state index contributed by atoms with van der Waals surface area (Å²) < 4.78 is 37.7. The number of aromatic nitrogens is 1. The van der Waals surface area contributed by atoms with Gasteiger partial charge in [0.2, 0.25) is 16.0 Å². The lowest BCUT2D eigenvalue weighted by Crippen LogP contribution is -2.69. The van der Waals surface area contributed by atoms with Gasteiger partial charge in [0.05, 0.1) is 35.4 Å². The van der Waals surface area contributed by atoms with Gasteiger partial charge in [0.1, 0.15) is 11.0 Å². The molecule has 8 nitrogen and oxygen atoms in total. The van der Waals surface area contributed by atoms with E-state index >= 15 is 0 Å². The van der Waals surface area contributed by atoms with Crippen LogP contribution >= 0.6 is 22.9 Å². The number of fused-ring (bicyclic) bond motifs is 1. The molecule has 11 heteroatoms. The van der Waals surface area contributed by atoms with Gasteiger partial charge in [-0.05, 0) is 12.1 Å². The molecule has 4 rings (SSSR count). The maximum absolute atomic E-state index is 13.0. The average molecular weight is 443 g/mol. The van der Waals surface area contributed by atoms with Gasteiger partial charge in [0, 0.05) is 36.7 Å². The SMILES string of the molecule is COc1cncc(-c2cc(Cl)c([C@]34CCOCC3S(=O)(=O)N(C)C(=N)N4)s2)c1. The summed E-state index contributed by atoms with van der Waals surface area (Å²) in [6, 6.07) is 3.65. The molecule has 0 spiro atoms. The minimum absolute atomic E-state index is 0.0389. The molecule has 2 aliphatic heterocycles. The molecule has 150 valence electrons. The first kappa shape index (κ1) is 19.4. The Labute approximate surface area is 172 Å². The van der Waals surface area contributed by atoms with Gasteiger partial charge >= 0.3 is 0 Å². The molecular weight excluding hydrogens is 424 g/mol. The third-order valence-electron chi connectivity index (χ3n) is 5.18. The Morgan fingerprint density at radius 1 is 1.46 bits per heavy atom. The van der Waals surface area contributed by atoms with Crippen molar-refractivity contribution in [1.29, 1.82) is 5.41 Å². The number of ether oxygens (including phenoxy) is 2. The number of halogens is 1.